The summed E-state index contributed by atoms with van der Waals surface area (Å²) in [7, 11) is 2.02. The molecule has 0 amide bonds. The molecule has 4 heteroatoms. The first-order chi connectivity index (χ1) is 8.25. The van der Waals surface area contributed by atoms with Gasteiger partial charge >= 0.3 is 0 Å². The minimum Gasteiger partial charge on any atom is -0.309 e. The van der Waals surface area contributed by atoms with Crippen molar-refractivity contribution in [2.45, 2.75) is 40.7 Å². The normalized spacial score (nSPS) is 23.1. The molecule has 1 heterocycles. The van der Waals surface area contributed by atoms with Gasteiger partial charge in [-0.3, -0.25) is 4.68 Å². The lowest BCUT2D eigenvalue weighted by Crippen LogP contribution is -2.27. The highest BCUT2D eigenvalue weighted by Crippen LogP contribution is 2.72. The third-order valence-electron chi connectivity index (χ3n) is 5.12. The Labute approximate surface area is 118 Å². The Hall–Kier alpha value is -0.350. The van der Waals surface area contributed by atoms with E-state index in [2.05, 4.69) is 61.0 Å². The molecule has 2 rings (SSSR count). The lowest BCUT2D eigenvalue weighted by atomic mass is 10.0. The molecule has 0 aliphatic heterocycles. The molecule has 1 fully saturated rings. The fourth-order valence-electron chi connectivity index (χ4n) is 3.44. The molecule has 1 saturated carbocycles. The van der Waals surface area contributed by atoms with E-state index >= 15 is 0 Å². The van der Waals surface area contributed by atoms with E-state index in [0.29, 0.717) is 22.8 Å². The van der Waals surface area contributed by atoms with Crippen molar-refractivity contribution in [3.63, 3.8) is 0 Å². The third kappa shape index (κ3) is 1.85. The first-order valence-corrected chi connectivity index (χ1v) is 7.45. The van der Waals surface area contributed by atoms with Gasteiger partial charge in [0, 0.05) is 7.05 Å². The Morgan fingerprint density at radius 3 is 2.28 bits per heavy atom. The minimum atomic E-state index is 0.363. The Kier molecular flexibility index (Phi) is 3.39. The largest absolute Gasteiger partial charge is 0.309 e. The van der Waals surface area contributed by atoms with Crippen molar-refractivity contribution in [3.05, 3.63) is 16.4 Å². The van der Waals surface area contributed by atoms with E-state index in [4.69, 9.17) is 0 Å². The number of aromatic nitrogens is 2. The van der Waals surface area contributed by atoms with Gasteiger partial charge in [0.05, 0.1) is 22.4 Å². The van der Waals surface area contributed by atoms with E-state index < -0.39 is 0 Å². The molecule has 3 nitrogen and oxygen atoms in total. The van der Waals surface area contributed by atoms with Crippen LogP contribution in [0.5, 0.6) is 0 Å². The highest BCUT2D eigenvalue weighted by molar-refractivity contribution is 9.10. The van der Waals surface area contributed by atoms with Crippen molar-refractivity contribution in [1.82, 2.24) is 15.1 Å². The van der Waals surface area contributed by atoms with Crippen LogP contribution in [0, 0.1) is 16.7 Å². The van der Waals surface area contributed by atoms with Crippen LogP contribution in [0.3, 0.4) is 0 Å². The SMILES string of the molecule is CCNC(c1c(Br)cnn1C)C1C(C)(C)C1(C)C. The number of halogens is 1. The molecule has 1 N–H and O–H groups in total. The summed E-state index contributed by atoms with van der Waals surface area (Å²) >= 11 is 3.64. The number of nitrogens with zero attached hydrogens (tertiary/aromatic N) is 2. The number of nitrogens with one attached hydrogen (secondary N) is 1. The fraction of sp³-hybridized carbons (Fsp3) is 0.786. The van der Waals surface area contributed by atoms with Gasteiger partial charge in [-0.05, 0) is 39.2 Å². The summed E-state index contributed by atoms with van der Waals surface area (Å²) in [5.74, 6) is 0.636. The van der Waals surface area contributed by atoms with Crippen LogP contribution in [0.4, 0.5) is 0 Å². The molecule has 1 unspecified atom stereocenters. The Morgan fingerprint density at radius 1 is 1.39 bits per heavy atom. The van der Waals surface area contributed by atoms with Crippen LogP contribution < -0.4 is 5.32 Å². The van der Waals surface area contributed by atoms with Crippen LogP contribution in [-0.2, 0) is 7.05 Å². The second kappa shape index (κ2) is 4.34. The minimum absolute atomic E-state index is 0.363. The van der Waals surface area contributed by atoms with E-state index in [1.165, 1.54) is 5.69 Å². The van der Waals surface area contributed by atoms with Crippen LogP contribution >= 0.6 is 15.9 Å². The Balaban J connectivity index is 2.38. The van der Waals surface area contributed by atoms with Gasteiger partial charge in [0.1, 0.15) is 0 Å². The number of aryl methyl sites for hydroxylation is 1. The highest BCUT2D eigenvalue weighted by atomic mass is 79.9. The average molecular weight is 314 g/mol. The molecule has 0 saturated heterocycles. The lowest BCUT2D eigenvalue weighted by Gasteiger charge is -2.21. The zero-order chi connectivity index (χ0) is 13.7. The molecule has 1 aliphatic carbocycles. The molecule has 0 spiro atoms. The van der Waals surface area contributed by atoms with Crippen molar-refractivity contribution in [2.75, 3.05) is 6.54 Å². The van der Waals surface area contributed by atoms with Crippen LogP contribution in [0.25, 0.3) is 0 Å². The smallest absolute Gasteiger partial charge is 0.0695 e. The van der Waals surface area contributed by atoms with Gasteiger partial charge in [0.25, 0.3) is 0 Å². The maximum absolute atomic E-state index is 4.35. The summed E-state index contributed by atoms with van der Waals surface area (Å²) in [5, 5.41) is 8.00. The van der Waals surface area contributed by atoms with Crippen molar-refractivity contribution in [3.8, 4) is 0 Å². The summed E-state index contributed by atoms with van der Waals surface area (Å²) < 4.78 is 3.09. The molecular formula is C14H24BrN3. The maximum atomic E-state index is 4.35. The summed E-state index contributed by atoms with van der Waals surface area (Å²) in [6.07, 6.45) is 1.89. The predicted molar refractivity (Wildman–Crippen MR) is 78.4 cm³/mol. The number of hydrogen-bond acceptors (Lipinski definition) is 2. The van der Waals surface area contributed by atoms with Gasteiger partial charge in [-0.1, -0.05) is 34.6 Å². The van der Waals surface area contributed by atoms with E-state index in [0.717, 1.165) is 11.0 Å². The third-order valence-corrected chi connectivity index (χ3v) is 5.73. The van der Waals surface area contributed by atoms with E-state index in [-0.39, 0.29) is 0 Å². The molecule has 1 atom stereocenters. The van der Waals surface area contributed by atoms with Gasteiger partial charge in [0.2, 0.25) is 0 Å². The quantitative estimate of drug-likeness (QED) is 0.921. The van der Waals surface area contributed by atoms with Crippen LogP contribution in [0.2, 0.25) is 0 Å². The molecule has 102 valence electrons. The van der Waals surface area contributed by atoms with Crippen molar-refractivity contribution < 1.29 is 0 Å². The van der Waals surface area contributed by atoms with Gasteiger partial charge in [-0.25, -0.2) is 0 Å². The van der Waals surface area contributed by atoms with E-state index in [9.17, 15) is 0 Å². The molecule has 1 aromatic rings. The first-order valence-electron chi connectivity index (χ1n) is 6.66. The van der Waals surface area contributed by atoms with Gasteiger partial charge < -0.3 is 5.32 Å². The summed E-state index contributed by atoms with van der Waals surface area (Å²) in [6.45, 7) is 12.6. The molecular weight excluding hydrogens is 290 g/mol. The summed E-state index contributed by atoms with van der Waals surface area (Å²) in [6, 6.07) is 0.363. The first kappa shape index (κ1) is 14.1. The maximum Gasteiger partial charge on any atom is 0.0695 e. The second-order valence-corrected chi connectivity index (χ2v) is 7.31. The second-order valence-electron chi connectivity index (χ2n) is 6.46. The van der Waals surface area contributed by atoms with E-state index in [1.807, 2.05) is 17.9 Å². The topological polar surface area (TPSA) is 29.9 Å². The standard InChI is InChI=1S/C14H24BrN3/c1-7-16-10(11-9(15)8-17-18(11)6)12-13(2,3)14(12,4)5/h8,10,12,16H,7H2,1-6H3. The van der Waals surface area contributed by atoms with Crippen LogP contribution in [-0.4, -0.2) is 16.3 Å². The molecule has 18 heavy (non-hydrogen) atoms. The van der Waals surface area contributed by atoms with Crippen molar-refractivity contribution in [1.29, 1.82) is 0 Å². The zero-order valence-electron chi connectivity index (χ0n) is 12.2. The lowest BCUT2D eigenvalue weighted by molar-refractivity contribution is 0.395. The molecule has 1 aliphatic rings. The molecule has 0 radical (unpaired) electrons. The zero-order valence-corrected chi connectivity index (χ0v) is 13.8. The van der Waals surface area contributed by atoms with Crippen molar-refractivity contribution in [2.24, 2.45) is 23.8 Å². The summed E-state index contributed by atoms with van der Waals surface area (Å²) in [5.41, 5.74) is 1.99. The predicted octanol–water partition coefficient (Wildman–Crippen LogP) is 3.52. The van der Waals surface area contributed by atoms with Crippen LogP contribution in [0.15, 0.2) is 10.7 Å². The van der Waals surface area contributed by atoms with Gasteiger partial charge in [-0.2, -0.15) is 5.10 Å². The Morgan fingerprint density at radius 2 is 1.94 bits per heavy atom. The average Bonchev–Trinajstić information content (AvgIpc) is 2.53. The molecule has 1 aromatic heterocycles. The number of hydrogen-bond donors (Lipinski definition) is 1. The Bertz CT molecular complexity index is 414. The van der Waals surface area contributed by atoms with Gasteiger partial charge in [-0.15, -0.1) is 0 Å². The van der Waals surface area contributed by atoms with Crippen molar-refractivity contribution >= 4 is 15.9 Å². The fourth-order valence-corrected chi connectivity index (χ4v) is 4.04. The summed E-state index contributed by atoms with van der Waals surface area (Å²) in [4.78, 5) is 0. The highest BCUT2D eigenvalue weighted by Gasteiger charge is 2.67. The number of rotatable bonds is 4. The monoisotopic (exact) mass is 313 g/mol. The molecule has 0 aromatic carbocycles. The van der Waals surface area contributed by atoms with E-state index in [1.54, 1.807) is 0 Å². The molecule has 0 bridgehead atoms. The van der Waals surface area contributed by atoms with Crippen LogP contribution in [0.1, 0.15) is 46.4 Å². The van der Waals surface area contributed by atoms with Gasteiger partial charge in [0.15, 0.2) is 0 Å².